The molecule has 0 aliphatic carbocycles. The molecular weight excluding hydrogens is 288 g/mol. The molecule has 0 saturated carbocycles. The van der Waals surface area contributed by atoms with Gasteiger partial charge in [-0.1, -0.05) is 13.8 Å². The normalized spacial score (nSPS) is 24.5. The molecule has 0 aromatic carbocycles. The Hall–Kier alpha value is -0.810. The molecule has 2 fully saturated rings. The zero-order chi connectivity index (χ0) is 16.5. The second kappa shape index (κ2) is 10.1. The largest absolute Gasteiger partial charge is 0.338 e. The first kappa shape index (κ1) is 18.5. The zero-order valence-electron chi connectivity index (χ0n) is 15.1. The van der Waals surface area contributed by atoms with Gasteiger partial charge in [0, 0.05) is 26.2 Å². The lowest BCUT2D eigenvalue weighted by Crippen LogP contribution is -2.41. The summed E-state index contributed by atoms with van der Waals surface area (Å²) in [7, 11) is 0. The van der Waals surface area contributed by atoms with E-state index in [-0.39, 0.29) is 6.03 Å². The lowest BCUT2D eigenvalue weighted by Gasteiger charge is -2.30. The predicted molar refractivity (Wildman–Crippen MR) is 95.7 cm³/mol. The number of nitrogens with zero attached hydrogens (tertiary/aromatic N) is 2. The quantitative estimate of drug-likeness (QED) is 0.673. The lowest BCUT2D eigenvalue weighted by molar-refractivity contribution is 0.181. The van der Waals surface area contributed by atoms with Gasteiger partial charge in [0.05, 0.1) is 0 Å². The molecule has 23 heavy (non-hydrogen) atoms. The fourth-order valence-corrected chi connectivity index (χ4v) is 3.79. The number of carbonyl (C=O) groups is 1. The van der Waals surface area contributed by atoms with E-state index in [0.717, 1.165) is 38.5 Å². The van der Waals surface area contributed by atoms with Crippen molar-refractivity contribution in [3.05, 3.63) is 0 Å². The van der Waals surface area contributed by atoms with Crippen LogP contribution in [0.15, 0.2) is 0 Å². The second-order valence-electron chi connectivity index (χ2n) is 7.65. The van der Waals surface area contributed by atoms with E-state index < -0.39 is 0 Å². The number of likely N-dealkylation sites (tertiary alicyclic amines) is 2. The van der Waals surface area contributed by atoms with Gasteiger partial charge in [0.1, 0.15) is 0 Å². The standard InChI is InChI=1S/C18H36N4O/c1-16-7-5-11-22(14-16)12-6-8-19-18(23)20-13-17(2)15-21-9-3-4-10-21/h16-17H,3-15H2,1-2H3,(H2,19,20,23). The predicted octanol–water partition coefficient (Wildman–Crippen LogP) is 2.14. The van der Waals surface area contributed by atoms with Gasteiger partial charge >= 0.3 is 6.03 Å². The van der Waals surface area contributed by atoms with Crippen LogP contribution < -0.4 is 10.6 Å². The van der Waals surface area contributed by atoms with Gasteiger partial charge in [-0.3, -0.25) is 0 Å². The summed E-state index contributed by atoms with van der Waals surface area (Å²) in [5, 5.41) is 6.00. The van der Waals surface area contributed by atoms with Crippen molar-refractivity contribution >= 4 is 6.03 Å². The van der Waals surface area contributed by atoms with Crippen LogP contribution in [0.2, 0.25) is 0 Å². The highest BCUT2D eigenvalue weighted by Crippen LogP contribution is 2.15. The maximum absolute atomic E-state index is 11.8. The number of rotatable bonds is 8. The smallest absolute Gasteiger partial charge is 0.314 e. The van der Waals surface area contributed by atoms with E-state index in [1.165, 1.54) is 51.9 Å². The molecule has 2 N–H and O–H groups in total. The zero-order valence-corrected chi connectivity index (χ0v) is 15.1. The number of hydrogen-bond donors (Lipinski definition) is 2. The van der Waals surface area contributed by atoms with Crippen LogP contribution in [0, 0.1) is 11.8 Å². The van der Waals surface area contributed by atoms with E-state index in [4.69, 9.17) is 0 Å². The molecule has 5 heteroatoms. The molecule has 2 aliphatic heterocycles. The molecule has 2 amide bonds. The van der Waals surface area contributed by atoms with Gasteiger partial charge in [-0.05, 0) is 70.1 Å². The van der Waals surface area contributed by atoms with Crippen LogP contribution in [0.4, 0.5) is 4.79 Å². The topological polar surface area (TPSA) is 47.6 Å². The van der Waals surface area contributed by atoms with Crippen LogP contribution in [0.3, 0.4) is 0 Å². The van der Waals surface area contributed by atoms with Crippen molar-refractivity contribution in [2.45, 2.75) is 46.0 Å². The van der Waals surface area contributed by atoms with Crippen LogP contribution in [-0.4, -0.2) is 68.2 Å². The van der Waals surface area contributed by atoms with Crippen LogP contribution in [-0.2, 0) is 0 Å². The van der Waals surface area contributed by atoms with Crippen molar-refractivity contribution in [2.75, 3.05) is 52.4 Å². The maximum atomic E-state index is 11.8. The number of piperidine rings is 1. The molecule has 0 aromatic rings. The summed E-state index contributed by atoms with van der Waals surface area (Å²) >= 11 is 0. The minimum absolute atomic E-state index is 0.00900. The number of carbonyl (C=O) groups excluding carboxylic acids is 1. The first-order valence-corrected chi connectivity index (χ1v) is 9.60. The number of nitrogens with one attached hydrogen (secondary N) is 2. The molecule has 2 heterocycles. The van der Waals surface area contributed by atoms with Crippen molar-refractivity contribution in [1.82, 2.24) is 20.4 Å². The van der Waals surface area contributed by atoms with E-state index in [1.807, 2.05) is 0 Å². The Morgan fingerprint density at radius 1 is 1.13 bits per heavy atom. The van der Waals surface area contributed by atoms with Gasteiger partial charge in [-0.25, -0.2) is 4.79 Å². The minimum Gasteiger partial charge on any atom is -0.338 e. The molecule has 0 bridgehead atoms. The van der Waals surface area contributed by atoms with Crippen molar-refractivity contribution in [2.24, 2.45) is 11.8 Å². The van der Waals surface area contributed by atoms with Crippen molar-refractivity contribution < 1.29 is 4.79 Å². The monoisotopic (exact) mass is 324 g/mol. The fourth-order valence-electron chi connectivity index (χ4n) is 3.79. The summed E-state index contributed by atoms with van der Waals surface area (Å²) in [5.41, 5.74) is 0. The van der Waals surface area contributed by atoms with Crippen LogP contribution in [0.5, 0.6) is 0 Å². The summed E-state index contributed by atoms with van der Waals surface area (Å²) in [5.74, 6) is 1.35. The summed E-state index contributed by atoms with van der Waals surface area (Å²) in [4.78, 5) is 16.9. The Morgan fingerprint density at radius 3 is 2.61 bits per heavy atom. The average molecular weight is 325 g/mol. The third-order valence-electron chi connectivity index (χ3n) is 5.06. The molecule has 0 radical (unpaired) electrons. The SMILES string of the molecule is CC1CCCN(CCCNC(=O)NCC(C)CN2CCCC2)C1. The van der Waals surface area contributed by atoms with Crippen LogP contribution in [0.25, 0.3) is 0 Å². The molecule has 0 aromatic heterocycles. The average Bonchev–Trinajstić information content (AvgIpc) is 3.02. The van der Waals surface area contributed by atoms with Crippen LogP contribution >= 0.6 is 0 Å². The lowest BCUT2D eigenvalue weighted by atomic mass is 10.0. The number of hydrogen-bond acceptors (Lipinski definition) is 3. The molecule has 5 nitrogen and oxygen atoms in total. The van der Waals surface area contributed by atoms with E-state index in [2.05, 4.69) is 34.3 Å². The molecule has 134 valence electrons. The van der Waals surface area contributed by atoms with Crippen LogP contribution in [0.1, 0.15) is 46.0 Å². The Bertz CT molecular complexity index is 344. The van der Waals surface area contributed by atoms with E-state index in [0.29, 0.717) is 5.92 Å². The minimum atomic E-state index is -0.00900. The molecular formula is C18H36N4O. The fraction of sp³-hybridized carbons (Fsp3) is 0.944. The van der Waals surface area contributed by atoms with E-state index in [1.54, 1.807) is 0 Å². The summed E-state index contributed by atoms with van der Waals surface area (Å²) < 4.78 is 0. The van der Waals surface area contributed by atoms with Crippen molar-refractivity contribution in [3.63, 3.8) is 0 Å². The third kappa shape index (κ3) is 7.53. The van der Waals surface area contributed by atoms with Gasteiger partial charge in [0.25, 0.3) is 0 Å². The maximum Gasteiger partial charge on any atom is 0.314 e. The Balaban J connectivity index is 1.46. The summed E-state index contributed by atoms with van der Waals surface area (Å²) in [6.45, 7) is 13.2. The highest BCUT2D eigenvalue weighted by molar-refractivity contribution is 5.73. The molecule has 2 saturated heterocycles. The Kier molecular flexibility index (Phi) is 8.17. The highest BCUT2D eigenvalue weighted by Gasteiger charge is 2.16. The second-order valence-corrected chi connectivity index (χ2v) is 7.65. The first-order chi connectivity index (χ1) is 11.1. The van der Waals surface area contributed by atoms with Crippen molar-refractivity contribution in [1.29, 1.82) is 0 Å². The van der Waals surface area contributed by atoms with Crippen molar-refractivity contribution in [3.8, 4) is 0 Å². The van der Waals surface area contributed by atoms with Gasteiger partial charge in [0.2, 0.25) is 0 Å². The van der Waals surface area contributed by atoms with E-state index >= 15 is 0 Å². The number of amides is 2. The summed E-state index contributed by atoms with van der Waals surface area (Å²) in [6, 6.07) is -0.00900. The van der Waals surface area contributed by atoms with Gasteiger partial charge in [-0.2, -0.15) is 0 Å². The third-order valence-corrected chi connectivity index (χ3v) is 5.06. The van der Waals surface area contributed by atoms with E-state index in [9.17, 15) is 4.79 Å². The molecule has 2 aliphatic rings. The van der Waals surface area contributed by atoms with Gasteiger partial charge < -0.3 is 20.4 Å². The van der Waals surface area contributed by atoms with Gasteiger partial charge in [0.15, 0.2) is 0 Å². The molecule has 0 spiro atoms. The summed E-state index contributed by atoms with van der Waals surface area (Å²) in [6.07, 6.45) is 6.40. The molecule has 2 rings (SSSR count). The van der Waals surface area contributed by atoms with Gasteiger partial charge in [-0.15, -0.1) is 0 Å². The Labute approximate surface area is 142 Å². The molecule has 2 unspecified atom stereocenters. The number of urea groups is 1. The first-order valence-electron chi connectivity index (χ1n) is 9.60. The molecule has 2 atom stereocenters. The Morgan fingerprint density at radius 2 is 1.87 bits per heavy atom. The highest BCUT2D eigenvalue weighted by atomic mass is 16.2.